The summed E-state index contributed by atoms with van der Waals surface area (Å²) in [6, 6.07) is 7.83. The normalized spacial score (nSPS) is 15.1. The first kappa shape index (κ1) is 26.2. The number of nitrogens with zero attached hydrogens (tertiary/aromatic N) is 4. The quantitative estimate of drug-likeness (QED) is 0.172. The van der Waals surface area contributed by atoms with E-state index in [1.165, 1.54) is 23.1 Å². The van der Waals surface area contributed by atoms with Gasteiger partial charge in [-0.05, 0) is 55.0 Å². The molecule has 4 aromatic rings. The number of rotatable bonds is 7. The number of esters is 2. The molecule has 0 radical (unpaired) electrons. The zero-order valence-electron chi connectivity index (χ0n) is 19.4. The number of thioether (sulfide) groups is 1. The lowest BCUT2D eigenvalue weighted by molar-refractivity contribution is -0.151. The zero-order valence-corrected chi connectivity index (χ0v) is 22.6. The summed E-state index contributed by atoms with van der Waals surface area (Å²) in [6.45, 7) is 1.53. The first-order valence-electron chi connectivity index (χ1n) is 10.9. The van der Waals surface area contributed by atoms with Crippen LogP contribution in [0.5, 0.6) is 0 Å². The highest BCUT2D eigenvalue weighted by molar-refractivity contribution is 8.02. The predicted octanol–water partition coefficient (Wildman–Crippen LogP) is 5.03. The molecule has 1 fully saturated rings. The molecular weight excluding hydrogens is 575 g/mol. The Morgan fingerprint density at radius 2 is 2.13 bits per heavy atom. The highest BCUT2D eigenvalue weighted by Crippen LogP contribution is 2.32. The van der Waals surface area contributed by atoms with Gasteiger partial charge in [0.15, 0.2) is 8.29 Å². The molecule has 0 bridgehead atoms. The number of amides is 1. The minimum atomic E-state index is -0.683. The minimum absolute atomic E-state index is 0.0392. The maximum Gasteiger partial charge on any atom is 0.327 e. The van der Waals surface area contributed by atoms with Crippen LogP contribution >= 0.6 is 46.9 Å². The number of anilines is 3. The molecule has 5 rings (SSSR count). The number of aryl methyl sites for hydroxylation is 1. The number of carbonyl (C=O) groups is 3. The highest BCUT2D eigenvalue weighted by atomic mass is 35.5. The monoisotopic (exact) mass is 590 g/mol. The Morgan fingerprint density at radius 1 is 1.32 bits per heavy atom. The second-order valence-electron chi connectivity index (χ2n) is 8.10. The number of ether oxygens (including phenoxy) is 1. The van der Waals surface area contributed by atoms with E-state index in [2.05, 4.69) is 30.4 Å². The van der Waals surface area contributed by atoms with E-state index >= 15 is 0 Å². The fraction of sp³-hybridized carbons (Fsp3) is 0.174. The molecule has 15 heteroatoms. The lowest BCUT2D eigenvalue weighted by Gasteiger charge is -2.12. The Kier molecular flexibility index (Phi) is 7.38. The van der Waals surface area contributed by atoms with E-state index in [0.717, 1.165) is 23.1 Å². The Labute approximate surface area is 232 Å². The average molecular weight is 591 g/mol. The predicted molar refractivity (Wildman–Crippen MR) is 144 cm³/mol. The number of cyclic esters (lactones) is 2. The molecule has 1 saturated heterocycles. The number of nitrogens with one attached hydrogen (secondary N) is 2. The smallest absolute Gasteiger partial charge is 0.327 e. The van der Waals surface area contributed by atoms with E-state index in [-0.39, 0.29) is 18.7 Å². The maximum atomic E-state index is 14.5. The Morgan fingerprint density at radius 3 is 2.89 bits per heavy atom. The fourth-order valence-corrected chi connectivity index (χ4v) is 6.23. The third-order valence-corrected chi connectivity index (χ3v) is 8.35. The SMILES string of the molecule is Cc1cc(F)c(Nc2ncnc3ccc(NC(=O)Cn4nc(SC5CC(=O)OC5=O)sc4=S)cc23)cc1Cl. The average Bonchev–Trinajstić information content (AvgIpc) is 3.36. The third kappa shape index (κ3) is 5.67. The van der Waals surface area contributed by atoms with E-state index < -0.39 is 28.9 Å². The van der Waals surface area contributed by atoms with Gasteiger partial charge in [0, 0.05) is 16.1 Å². The van der Waals surface area contributed by atoms with Crippen molar-refractivity contribution in [1.82, 2.24) is 19.7 Å². The van der Waals surface area contributed by atoms with Gasteiger partial charge < -0.3 is 15.4 Å². The van der Waals surface area contributed by atoms with Gasteiger partial charge in [0.25, 0.3) is 0 Å². The number of aromatic nitrogens is 4. The van der Waals surface area contributed by atoms with Crippen molar-refractivity contribution in [3.63, 3.8) is 0 Å². The molecule has 1 atom stereocenters. The summed E-state index contributed by atoms with van der Waals surface area (Å²) in [5.74, 6) is -1.76. The van der Waals surface area contributed by atoms with Gasteiger partial charge in [0.05, 0.1) is 17.6 Å². The molecule has 0 saturated carbocycles. The standard InChI is InChI=1S/C23H16ClFN6O4S3/c1-10-4-14(25)16(6-13(10)24)29-20-12-5-11(2-3-15(12)26-9-27-20)28-18(32)8-31-23(36)38-22(30-31)37-17-7-19(33)35-21(17)34/h2-6,9,17H,7-8H2,1H3,(H,28,32)(H,26,27,29). The summed E-state index contributed by atoms with van der Waals surface area (Å²) in [5, 5.41) is 10.3. The van der Waals surface area contributed by atoms with Crippen molar-refractivity contribution in [2.75, 3.05) is 10.6 Å². The fourth-order valence-electron chi connectivity index (χ4n) is 3.54. The first-order valence-corrected chi connectivity index (χ1v) is 13.4. The number of hydrogen-bond acceptors (Lipinski definition) is 11. The number of benzene rings is 2. The molecule has 1 aliphatic rings. The summed E-state index contributed by atoms with van der Waals surface area (Å²) in [6.07, 6.45) is 1.31. The summed E-state index contributed by atoms with van der Waals surface area (Å²) >= 11 is 13.6. The summed E-state index contributed by atoms with van der Waals surface area (Å²) < 4.78 is 21.1. The molecule has 3 heterocycles. The molecule has 1 aliphatic heterocycles. The third-order valence-electron chi connectivity index (χ3n) is 5.37. The Bertz CT molecular complexity index is 1680. The molecule has 0 spiro atoms. The first-order chi connectivity index (χ1) is 18.2. The van der Waals surface area contributed by atoms with Crippen molar-refractivity contribution >= 4 is 92.9 Å². The van der Waals surface area contributed by atoms with E-state index in [1.54, 1.807) is 25.1 Å². The molecule has 2 aromatic heterocycles. The summed E-state index contributed by atoms with van der Waals surface area (Å²) in [7, 11) is 0. The van der Waals surface area contributed by atoms with Gasteiger partial charge in [0.2, 0.25) is 5.91 Å². The van der Waals surface area contributed by atoms with Crippen LogP contribution in [0, 0.1) is 16.7 Å². The van der Waals surface area contributed by atoms with Gasteiger partial charge in [-0.15, -0.1) is 0 Å². The van der Waals surface area contributed by atoms with Crippen LogP contribution in [0.2, 0.25) is 5.02 Å². The van der Waals surface area contributed by atoms with E-state index in [0.29, 0.717) is 41.3 Å². The molecule has 1 amide bonds. The highest BCUT2D eigenvalue weighted by Gasteiger charge is 2.35. The van der Waals surface area contributed by atoms with Crippen LogP contribution in [0.15, 0.2) is 41.0 Å². The lowest BCUT2D eigenvalue weighted by atomic mass is 10.2. The van der Waals surface area contributed by atoms with Gasteiger partial charge in [-0.3, -0.25) is 14.4 Å². The summed E-state index contributed by atoms with van der Waals surface area (Å²) in [4.78, 5) is 44.2. The number of halogens is 2. The molecule has 2 N–H and O–H groups in total. The molecule has 10 nitrogen and oxygen atoms in total. The van der Waals surface area contributed by atoms with Gasteiger partial charge in [-0.1, -0.05) is 34.7 Å². The van der Waals surface area contributed by atoms with Crippen molar-refractivity contribution in [3.8, 4) is 0 Å². The second-order valence-corrected chi connectivity index (χ2v) is 11.6. The topological polar surface area (TPSA) is 128 Å². The lowest BCUT2D eigenvalue weighted by Crippen LogP contribution is -2.19. The van der Waals surface area contributed by atoms with E-state index in [1.807, 2.05) is 0 Å². The van der Waals surface area contributed by atoms with Gasteiger partial charge in [-0.25, -0.2) is 19.0 Å². The van der Waals surface area contributed by atoms with Crippen LogP contribution in [0.3, 0.4) is 0 Å². The van der Waals surface area contributed by atoms with Crippen LogP contribution in [-0.2, 0) is 25.7 Å². The number of fused-ring (bicyclic) bond motifs is 1. The zero-order chi connectivity index (χ0) is 27.0. The van der Waals surface area contributed by atoms with Crippen LogP contribution in [0.25, 0.3) is 10.9 Å². The van der Waals surface area contributed by atoms with Crippen LogP contribution in [-0.4, -0.2) is 42.8 Å². The Balaban J connectivity index is 1.31. The van der Waals surface area contributed by atoms with Crippen molar-refractivity contribution in [1.29, 1.82) is 0 Å². The van der Waals surface area contributed by atoms with Crippen molar-refractivity contribution in [2.24, 2.45) is 0 Å². The molecule has 2 aromatic carbocycles. The van der Waals surface area contributed by atoms with Crippen molar-refractivity contribution < 1.29 is 23.5 Å². The molecule has 0 aliphatic carbocycles. The number of hydrogen-bond donors (Lipinski definition) is 2. The second kappa shape index (κ2) is 10.7. The minimum Gasteiger partial charge on any atom is -0.392 e. The van der Waals surface area contributed by atoms with Crippen LogP contribution in [0.1, 0.15) is 12.0 Å². The number of carbonyl (C=O) groups excluding carboxylic acids is 3. The van der Waals surface area contributed by atoms with Crippen LogP contribution in [0.4, 0.5) is 21.6 Å². The van der Waals surface area contributed by atoms with Gasteiger partial charge >= 0.3 is 11.9 Å². The largest absolute Gasteiger partial charge is 0.392 e. The Hall–Kier alpha value is -3.46. The van der Waals surface area contributed by atoms with Gasteiger partial charge in [0.1, 0.15) is 29.8 Å². The molecule has 1 unspecified atom stereocenters. The maximum absolute atomic E-state index is 14.5. The summed E-state index contributed by atoms with van der Waals surface area (Å²) in [5.41, 5.74) is 1.78. The molecule has 194 valence electrons. The molecular formula is C23H16ClFN6O4S3. The van der Waals surface area contributed by atoms with Crippen LogP contribution < -0.4 is 10.6 Å². The van der Waals surface area contributed by atoms with E-state index in [4.69, 9.17) is 23.8 Å². The van der Waals surface area contributed by atoms with Gasteiger partial charge in [-0.2, -0.15) is 5.10 Å². The van der Waals surface area contributed by atoms with Crippen molar-refractivity contribution in [2.45, 2.75) is 29.5 Å². The van der Waals surface area contributed by atoms with Crippen molar-refractivity contribution in [3.05, 3.63) is 57.0 Å². The van der Waals surface area contributed by atoms with E-state index in [9.17, 15) is 18.8 Å². The molecule has 38 heavy (non-hydrogen) atoms.